The molecular weight excluding hydrogens is 210 g/mol. The third-order valence-corrected chi connectivity index (χ3v) is 3.47. The Morgan fingerprint density at radius 1 is 1.29 bits per heavy atom. The molecule has 0 aromatic heterocycles. The molecule has 2 nitrogen and oxygen atoms in total. The van der Waals surface area contributed by atoms with E-state index >= 15 is 0 Å². The number of nitrogens with one attached hydrogen (secondary N) is 1. The number of benzene rings is 1. The van der Waals surface area contributed by atoms with E-state index in [9.17, 15) is 0 Å². The minimum absolute atomic E-state index is 0.190. The maximum Gasteiger partial charge on any atom is 0.0976 e. The maximum atomic E-state index is 5.73. The largest absolute Gasteiger partial charge is 0.375 e. The van der Waals surface area contributed by atoms with Gasteiger partial charge in [-0.05, 0) is 37.3 Å². The highest BCUT2D eigenvalue weighted by Crippen LogP contribution is 2.39. The van der Waals surface area contributed by atoms with Crippen LogP contribution in [0.2, 0.25) is 0 Å². The Balaban J connectivity index is 2.08. The Hall–Kier alpha value is -0.860. The fraction of sp³-hybridized carbons (Fsp3) is 0.600. The van der Waals surface area contributed by atoms with Crippen LogP contribution < -0.4 is 5.32 Å². The third-order valence-electron chi connectivity index (χ3n) is 3.47. The van der Waals surface area contributed by atoms with Crippen molar-refractivity contribution in [3.05, 3.63) is 35.9 Å². The van der Waals surface area contributed by atoms with Gasteiger partial charge in [-0.15, -0.1) is 0 Å². The summed E-state index contributed by atoms with van der Waals surface area (Å²) in [6.07, 6.45) is 4.05. The molecule has 0 aliphatic heterocycles. The normalized spacial score (nSPS) is 18.9. The molecule has 1 N–H and O–H groups in total. The number of hydrogen-bond acceptors (Lipinski definition) is 2. The molecule has 0 spiro atoms. The monoisotopic (exact) mass is 233 g/mol. The molecule has 2 heteroatoms. The smallest absolute Gasteiger partial charge is 0.0976 e. The molecule has 1 saturated carbocycles. The summed E-state index contributed by atoms with van der Waals surface area (Å²) in [6.45, 7) is 3.29. The molecule has 0 radical (unpaired) electrons. The molecule has 1 aliphatic rings. The highest BCUT2D eigenvalue weighted by atomic mass is 16.5. The van der Waals surface area contributed by atoms with Gasteiger partial charge in [-0.2, -0.15) is 0 Å². The summed E-state index contributed by atoms with van der Waals surface area (Å²) < 4.78 is 5.73. The van der Waals surface area contributed by atoms with Crippen molar-refractivity contribution in [2.24, 2.45) is 5.92 Å². The maximum absolute atomic E-state index is 5.73. The molecule has 0 heterocycles. The Bertz CT molecular complexity index is 321. The standard InChI is InChI=1S/C15H23NO/c1-3-11-16-14(12-9-10-12)15(17-2)13-7-5-4-6-8-13/h4-8,12,14-16H,3,9-11H2,1-2H3. The van der Waals surface area contributed by atoms with Gasteiger partial charge in [0, 0.05) is 13.2 Å². The highest BCUT2D eigenvalue weighted by Gasteiger charge is 2.36. The average Bonchev–Trinajstić information content (AvgIpc) is 3.20. The second-order valence-electron chi connectivity index (χ2n) is 4.88. The van der Waals surface area contributed by atoms with Crippen LogP contribution in [0, 0.1) is 5.92 Å². The van der Waals surface area contributed by atoms with Crippen LogP contribution in [0.5, 0.6) is 0 Å². The minimum Gasteiger partial charge on any atom is -0.375 e. The molecule has 1 aromatic rings. The van der Waals surface area contributed by atoms with E-state index in [4.69, 9.17) is 4.74 Å². The van der Waals surface area contributed by atoms with Crippen molar-refractivity contribution < 1.29 is 4.74 Å². The molecule has 1 aliphatic carbocycles. The molecular formula is C15H23NO. The lowest BCUT2D eigenvalue weighted by atomic mass is 9.98. The Morgan fingerprint density at radius 3 is 2.53 bits per heavy atom. The van der Waals surface area contributed by atoms with Crippen LogP contribution in [0.1, 0.15) is 37.9 Å². The van der Waals surface area contributed by atoms with E-state index < -0.39 is 0 Å². The third kappa shape index (κ3) is 3.30. The summed E-state index contributed by atoms with van der Waals surface area (Å²) in [5.41, 5.74) is 1.29. The van der Waals surface area contributed by atoms with Crippen LogP contribution in [0.3, 0.4) is 0 Å². The van der Waals surface area contributed by atoms with Crippen LogP contribution in [-0.4, -0.2) is 19.7 Å². The van der Waals surface area contributed by atoms with Gasteiger partial charge in [-0.3, -0.25) is 0 Å². The number of hydrogen-bond donors (Lipinski definition) is 1. The predicted molar refractivity (Wildman–Crippen MR) is 71.0 cm³/mol. The second-order valence-corrected chi connectivity index (χ2v) is 4.88. The first-order valence-electron chi connectivity index (χ1n) is 6.68. The van der Waals surface area contributed by atoms with Crippen LogP contribution in [-0.2, 0) is 4.74 Å². The van der Waals surface area contributed by atoms with E-state index in [1.165, 1.54) is 24.8 Å². The fourth-order valence-corrected chi connectivity index (χ4v) is 2.42. The second kappa shape index (κ2) is 6.18. The van der Waals surface area contributed by atoms with E-state index in [1.54, 1.807) is 0 Å². The van der Waals surface area contributed by atoms with Crippen LogP contribution >= 0.6 is 0 Å². The summed E-state index contributed by atoms with van der Waals surface area (Å²) in [7, 11) is 1.82. The molecule has 2 atom stereocenters. The molecule has 2 rings (SSSR count). The van der Waals surface area contributed by atoms with E-state index in [2.05, 4.69) is 42.6 Å². The van der Waals surface area contributed by atoms with Gasteiger partial charge in [0.15, 0.2) is 0 Å². The SMILES string of the molecule is CCCNC(C1CC1)C(OC)c1ccccc1. The molecule has 1 aromatic carbocycles. The van der Waals surface area contributed by atoms with Gasteiger partial charge in [-0.1, -0.05) is 37.3 Å². The lowest BCUT2D eigenvalue weighted by molar-refractivity contribution is 0.0604. The van der Waals surface area contributed by atoms with Crippen molar-refractivity contribution in [3.8, 4) is 0 Å². The van der Waals surface area contributed by atoms with Crippen molar-refractivity contribution in [3.63, 3.8) is 0 Å². The van der Waals surface area contributed by atoms with Crippen molar-refractivity contribution >= 4 is 0 Å². The summed E-state index contributed by atoms with van der Waals surface area (Å²) in [4.78, 5) is 0. The van der Waals surface area contributed by atoms with Gasteiger partial charge in [0.2, 0.25) is 0 Å². The molecule has 2 unspecified atom stereocenters. The summed E-state index contributed by atoms with van der Waals surface area (Å²) in [5.74, 6) is 0.798. The van der Waals surface area contributed by atoms with Crippen molar-refractivity contribution in [1.29, 1.82) is 0 Å². The predicted octanol–water partition coefficient (Wildman–Crippen LogP) is 3.15. The van der Waals surface area contributed by atoms with Gasteiger partial charge >= 0.3 is 0 Å². The number of methoxy groups -OCH3 is 1. The zero-order valence-electron chi connectivity index (χ0n) is 10.9. The van der Waals surface area contributed by atoms with Gasteiger partial charge in [-0.25, -0.2) is 0 Å². The van der Waals surface area contributed by atoms with Crippen LogP contribution in [0.25, 0.3) is 0 Å². The quantitative estimate of drug-likeness (QED) is 0.781. The lowest BCUT2D eigenvalue weighted by Gasteiger charge is -2.27. The van der Waals surface area contributed by atoms with E-state index in [1.807, 2.05) is 7.11 Å². The van der Waals surface area contributed by atoms with Crippen molar-refractivity contribution in [2.75, 3.05) is 13.7 Å². The molecule has 0 saturated heterocycles. The van der Waals surface area contributed by atoms with Gasteiger partial charge in [0.05, 0.1) is 6.10 Å². The van der Waals surface area contributed by atoms with Gasteiger partial charge in [0.25, 0.3) is 0 Å². The Labute approximate surface area is 104 Å². The van der Waals surface area contributed by atoms with Gasteiger partial charge < -0.3 is 10.1 Å². The van der Waals surface area contributed by atoms with Gasteiger partial charge in [0.1, 0.15) is 0 Å². The Kier molecular flexibility index (Phi) is 4.57. The van der Waals surface area contributed by atoms with E-state index in [-0.39, 0.29) is 6.10 Å². The first-order chi connectivity index (χ1) is 8.36. The van der Waals surface area contributed by atoms with E-state index in [0.29, 0.717) is 6.04 Å². The lowest BCUT2D eigenvalue weighted by Crippen LogP contribution is -2.38. The zero-order valence-corrected chi connectivity index (χ0v) is 10.9. The highest BCUT2D eigenvalue weighted by molar-refractivity contribution is 5.20. The Morgan fingerprint density at radius 2 is 2.00 bits per heavy atom. The first-order valence-corrected chi connectivity index (χ1v) is 6.68. The minimum atomic E-state index is 0.190. The molecule has 0 amide bonds. The molecule has 17 heavy (non-hydrogen) atoms. The summed E-state index contributed by atoms with van der Waals surface area (Å²) in [6, 6.07) is 11.0. The first kappa shape index (κ1) is 12.6. The van der Waals surface area contributed by atoms with Crippen LogP contribution in [0.4, 0.5) is 0 Å². The van der Waals surface area contributed by atoms with Crippen molar-refractivity contribution in [1.82, 2.24) is 5.32 Å². The van der Waals surface area contributed by atoms with E-state index in [0.717, 1.165) is 12.5 Å². The molecule has 0 bridgehead atoms. The summed E-state index contributed by atoms with van der Waals surface area (Å²) >= 11 is 0. The fourth-order valence-electron chi connectivity index (χ4n) is 2.42. The molecule has 1 fully saturated rings. The number of rotatable bonds is 7. The average molecular weight is 233 g/mol. The van der Waals surface area contributed by atoms with Crippen molar-refractivity contribution in [2.45, 2.75) is 38.3 Å². The number of ether oxygens (including phenoxy) is 1. The zero-order chi connectivity index (χ0) is 12.1. The van der Waals surface area contributed by atoms with Crippen LogP contribution in [0.15, 0.2) is 30.3 Å². The topological polar surface area (TPSA) is 21.3 Å². The summed E-state index contributed by atoms with van der Waals surface area (Å²) in [5, 5.41) is 3.66. The molecule has 94 valence electrons.